The number of hydrogen-bond donors (Lipinski definition) is 2. The van der Waals surface area contributed by atoms with Gasteiger partial charge in [-0.15, -0.1) is 0 Å². The number of nitrogens with one attached hydrogen (secondary N) is 2. The van der Waals surface area contributed by atoms with Crippen LogP contribution < -0.4 is 10.0 Å². The van der Waals surface area contributed by atoms with Crippen LogP contribution in [0.4, 0.5) is 24.5 Å². The highest BCUT2D eigenvalue weighted by atomic mass is 32.2. The van der Waals surface area contributed by atoms with Crippen LogP contribution in [0.25, 0.3) is 10.9 Å². The van der Waals surface area contributed by atoms with Crippen molar-refractivity contribution >= 4 is 32.3 Å². The second-order valence-corrected chi connectivity index (χ2v) is 7.10. The Bertz CT molecular complexity index is 1060. The second kappa shape index (κ2) is 6.49. The van der Waals surface area contributed by atoms with Gasteiger partial charge < -0.3 is 5.32 Å². The number of rotatable bonds is 4. The van der Waals surface area contributed by atoms with Crippen molar-refractivity contribution < 1.29 is 21.6 Å². The van der Waals surface area contributed by atoms with Gasteiger partial charge in [0.1, 0.15) is 4.90 Å². The third-order valence-corrected chi connectivity index (χ3v) is 5.17. The van der Waals surface area contributed by atoms with Crippen LogP contribution in [0.2, 0.25) is 0 Å². The van der Waals surface area contributed by atoms with Crippen LogP contribution in [0.5, 0.6) is 0 Å². The molecule has 9 heteroatoms. The fourth-order valence-corrected chi connectivity index (χ4v) is 3.78. The summed E-state index contributed by atoms with van der Waals surface area (Å²) >= 11 is 0. The van der Waals surface area contributed by atoms with Crippen molar-refractivity contribution in [3.05, 3.63) is 60.3 Å². The molecule has 0 amide bonds. The van der Waals surface area contributed by atoms with E-state index in [4.69, 9.17) is 0 Å². The van der Waals surface area contributed by atoms with E-state index in [9.17, 15) is 21.6 Å². The van der Waals surface area contributed by atoms with Crippen LogP contribution in [-0.2, 0) is 16.2 Å². The number of anilines is 2. The Morgan fingerprint density at radius 3 is 2.42 bits per heavy atom. The summed E-state index contributed by atoms with van der Waals surface area (Å²) in [7, 11) is -2.77. The van der Waals surface area contributed by atoms with E-state index >= 15 is 0 Å². The minimum Gasteiger partial charge on any atom is -0.387 e. The first-order valence-corrected chi connectivity index (χ1v) is 8.96. The highest BCUT2D eigenvalue weighted by molar-refractivity contribution is 7.93. The number of nitrogens with zero attached hydrogens (tertiary/aromatic N) is 1. The van der Waals surface area contributed by atoms with Gasteiger partial charge >= 0.3 is 6.18 Å². The molecule has 0 bridgehead atoms. The van der Waals surface area contributed by atoms with E-state index in [0.717, 1.165) is 23.6 Å². The summed E-state index contributed by atoms with van der Waals surface area (Å²) in [5.41, 5.74) is -0.408. The maximum absolute atomic E-state index is 12.9. The molecule has 0 aliphatic rings. The van der Waals surface area contributed by atoms with E-state index in [2.05, 4.69) is 15.0 Å². The van der Waals surface area contributed by atoms with Crippen molar-refractivity contribution in [3.8, 4) is 0 Å². The Hall–Kier alpha value is -2.81. The molecule has 26 heavy (non-hydrogen) atoms. The normalized spacial score (nSPS) is 12.2. The second-order valence-electron chi connectivity index (χ2n) is 5.44. The van der Waals surface area contributed by atoms with Gasteiger partial charge in [0.25, 0.3) is 10.0 Å². The van der Waals surface area contributed by atoms with Gasteiger partial charge in [0.05, 0.1) is 22.5 Å². The number of halogens is 3. The predicted octanol–water partition coefficient (Wildman–Crippen LogP) is 4.10. The average Bonchev–Trinajstić information content (AvgIpc) is 2.60. The zero-order valence-electron chi connectivity index (χ0n) is 13.5. The quantitative estimate of drug-likeness (QED) is 0.714. The molecule has 1 heterocycles. The number of benzene rings is 2. The van der Waals surface area contributed by atoms with Gasteiger partial charge in [-0.05, 0) is 30.3 Å². The minimum atomic E-state index is -4.57. The number of para-hydroxylation sites is 1. The molecule has 0 radical (unpaired) electrons. The standard InChI is InChI=1S/C17H14F3N3O2S/c1-21-14-10-12(17(18,19)20)7-8-15(14)26(24,25)23-13-6-2-4-11-5-3-9-22-16(11)13/h2-10,21,23H,1H3. The molecule has 0 aliphatic heterocycles. The SMILES string of the molecule is CNc1cc(C(F)(F)F)ccc1S(=O)(=O)Nc1cccc2cccnc12. The maximum atomic E-state index is 12.9. The summed E-state index contributed by atoms with van der Waals surface area (Å²) in [5, 5.41) is 3.23. The van der Waals surface area contributed by atoms with Crippen molar-refractivity contribution in [2.45, 2.75) is 11.1 Å². The third-order valence-electron chi connectivity index (χ3n) is 3.74. The molecule has 2 N–H and O–H groups in total. The number of pyridine rings is 1. The van der Waals surface area contributed by atoms with Gasteiger partial charge in [-0.1, -0.05) is 18.2 Å². The van der Waals surface area contributed by atoms with E-state index in [1.54, 1.807) is 24.3 Å². The van der Waals surface area contributed by atoms with E-state index in [1.807, 2.05) is 0 Å². The van der Waals surface area contributed by atoms with E-state index in [0.29, 0.717) is 5.52 Å². The fourth-order valence-electron chi connectivity index (χ4n) is 2.52. The lowest BCUT2D eigenvalue weighted by molar-refractivity contribution is -0.137. The monoisotopic (exact) mass is 381 g/mol. The Balaban J connectivity index is 2.05. The van der Waals surface area contributed by atoms with Crippen LogP contribution in [0.15, 0.2) is 59.6 Å². The number of hydrogen-bond acceptors (Lipinski definition) is 4. The molecule has 3 rings (SSSR count). The zero-order chi connectivity index (χ0) is 18.9. The largest absolute Gasteiger partial charge is 0.416 e. The Kier molecular flexibility index (Phi) is 4.49. The van der Waals surface area contributed by atoms with E-state index < -0.39 is 21.8 Å². The molecule has 3 aromatic rings. The fraction of sp³-hybridized carbons (Fsp3) is 0.118. The van der Waals surface area contributed by atoms with Gasteiger partial charge in [0.15, 0.2) is 0 Å². The third kappa shape index (κ3) is 3.43. The first-order chi connectivity index (χ1) is 12.2. The van der Waals surface area contributed by atoms with Crippen LogP contribution in [-0.4, -0.2) is 20.4 Å². The van der Waals surface area contributed by atoms with E-state index in [-0.39, 0.29) is 16.3 Å². The lowest BCUT2D eigenvalue weighted by Gasteiger charge is -2.15. The minimum absolute atomic E-state index is 0.152. The highest BCUT2D eigenvalue weighted by Gasteiger charge is 2.32. The first kappa shape index (κ1) is 18.0. The maximum Gasteiger partial charge on any atom is 0.416 e. The smallest absolute Gasteiger partial charge is 0.387 e. The Labute approximate surface area is 147 Å². The zero-order valence-corrected chi connectivity index (χ0v) is 14.3. The van der Waals surface area contributed by atoms with Crippen molar-refractivity contribution in [1.82, 2.24) is 4.98 Å². The van der Waals surface area contributed by atoms with Crippen molar-refractivity contribution in [2.24, 2.45) is 0 Å². The van der Waals surface area contributed by atoms with Crippen LogP contribution in [0.1, 0.15) is 5.56 Å². The molecule has 1 aromatic heterocycles. The number of sulfonamides is 1. The Morgan fingerprint density at radius 1 is 1.00 bits per heavy atom. The summed E-state index contributed by atoms with van der Waals surface area (Å²) < 4.78 is 66.4. The van der Waals surface area contributed by atoms with Crippen molar-refractivity contribution in [2.75, 3.05) is 17.1 Å². The summed E-state index contributed by atoms with van der Waals surface area (Å²) in [6.45, 7) is 0. The van der Waals surface area contributed by atoms with Crippen LogP contribution >= 0.6 is 0 Å². The number of alkyl halides is 3. The highest BCUT2D eigenvalue weighted by Crippen LogP contribution is 2.34. The topological polar surface area (TPSA) is 71.1 Å². The van der Waals surface area contributed by atoms with Gasteiger partial charge in [-0.2, -0.15) is 13.2 Å². The summed E-state index contributed by atoms with van der Waals surface area (Å²) in [5.74, 6) is 0. The Morgan fingerprint density at radius 2 is 1.73 bits per heavy atom. The summed E-state index contributed by atoms with van der Waals surface area (Å²) in [4.78, 5) is 3.87. The first-order valence-electron chi connectivity index (χ1n) is 7.48. The number of fused-ring (bicyclic) bond motifs is 1. The summed E-state index contributed by atoms with van der Waals surface area (Å²) in [6, 6.07) is 10.9. The molecule has 0 spiro atoms. The molecule has 0 fully saturated rings. The molecule has 5 nitrogen and oxygen atoms in total. The predicted molar refractivity (Wildman–Crippen MR) is 93.5 cm³/mol. The summed E-state index contributed by atoms with van der Waals surface area (Å²) in [6.07, 6.45) is -3.04. The molecule has 0 atom stereocenters. The van der Waals surface area contributed by atoms with Gasteiger partial charge in [-0.25, -0.2) is 8.42 Å². The molecular formula is C17H14F3N3O2S. The van der Waals surface area contributed by atoms with Crippen LogP contribution in [0, 0.1) is 0 Å². The van der Waals surface area contributed by atoms with Crippen molar-refractivity contribution in [1.29, 1.82) is 0 Å². The molecule has 136 valence electrons. The molecule has 0 aliphatic carbocycles. The van der Waals surface area contributed by atoms with Gasteiger partial charge in [0, 0.05) is 18.6 Å². The molecular weight excluding hydrogens is 367 g/mol. The lowest BCUT2D eigenvalue weighted by Crippen LogP contribution is -2.16. The molecule has 0 saturated carbocycles. The molecule has 0 saturated heterocycles. The number of aromatic nitrogens is 1. The van der Waals surface area contributed by atoms with Gasteiger partial charge in [0.2, 0.25) is 0 Å². The van der Waals surface area contributed by atoms with Gasteiger partial charge in [-0.3, -0.25) is 9.71 Å². The van der Waals surface area contributed by atoms with E-state index in [1.165, 1.54) is 19.3 Å². The van der Waals surface area contributed by atoms with Crippen molar-refractivity contribution in [3.63, 3.8) is 0 Å². The molecule has 0 unspecified atom stereocenters. The molecule has 2 aromatic carbocycles. The van der Waals surface area contributed by atoms with Crippen LogP contribution in [0.3, 0.4) is 0 Å². The lowest BCUT2D eigenvalue weighted by atomic mass is 10.2. The average molecular weight is 381 g/mol.